The molecule has 0 aromatic carbocycles. The molecule has 1 N–H and O–H groups in total. The summed E-state index contributed by atoms with van der Waals surface area (Å²) in [6, 6.07) is 0. The van der Waals surface area contributed by atoms with E-state index in [0.29, 0.717) is 12.5 Å². The summed E-state index contributed by atoms with van der Waals surface area (Å²) in [6.45, 7) is 6.19. The van der Waals surface area contributed by atoms with Gasteiger partial charge in [0.25, 0.3) is 0 Å². The quantitative estimate of drug-likeness (QED) is 0.632. The van der Waals surface area contributed by atoms with Gasteiger partial charge < -0.3 is 10.1 Å². The van der Waals surface area contributed by atoms with Crippen molar-refractivity contribution in [3.63, 3.8) is 0 Å². The molecule has 1 rings (SSSR count). The summed E-state index contributed by atoms with van der Waals surface area (Å²) in [7, 11) is 0. The van der Waals surface area contributed by atoms with E-state index in [2.05, 4.69) is 5.32 Å². The lowest BCUT2D eigenvalue weighted by atomic mass is 10.2. The van der Waals surface area contributed by atoms with Crippen molar-refractivity contribution in [2.45, 2.75) is 26.7 Å². The first-order chi connectivity index (χ1) is 6.24. The molecule has 1 fully saturated rings. The Hall–Kier alpha value is -0.570. The SMILES string of the molecule is CCNCC(C)C(=O)OCC1CC1. The molecule has 3 nitrogen and oxygen atoms in total. The highest BCUT2D eigenvalue weighted by molar-refractivity contribution is 5.72. The molecule has 1 aliphatic rings. The van der Waals surface area contributed by atoms with E-state index in [4.69, 9.17) is 4.74 Å². The standard InChI is InChI=1S/C10H19NO2/c1-3-11-6-8(2)10(12)13-7-9-4-5-9/h8-9,11H,3-7H2,1-2H3. The number of carbonyl (C=O) groups is 1. The van der Waals surface area contributed by atoms with Gasteiger partial charge in [0, 0.05) is 6.54 Å². The maximum absolute atomic E-state index is 11.3. The molecule has 0 heterocycles. The second-order valence-electron chi connectivity index (χ2n) is 3.78. The lowest BCUT2D eigenvalue weighted by molar-refractivity contribution is -0.148. The van der Waals surface area contributed by atoms with Crippen molar-refractivity contribution >= 4 is 5.97 Å². The van der Waals surface area contributed by atoms with Gasteiger partial charge in [-0.05, 0) is 25.3 Å². The largest absolute Gasteiger partial charge is 0.465 e. The third kappa shape index (κ3) is 4.27. The minimum Gasteiger partial charge on any atom is -0.465 e. The molecule has 0 saturated heterocycles. The van der Waals surface area contributed by atoms with Gasteiger partial charge >= 0.3 is 5.97 Å². The molecule has 0 spiro atoms. The minimum atomic E-state index is -0.0622. The summed E-state index contributed by atoms with van der Waals surface area (Å²) in [5.74, 6) is 0.585. The molecule has 0 aromatic rings. The summed E-state index contributed by atoms with van der Waals surface area (Å²) in [4.78, 5) is 11.3. The topological polar surface area (TPSA) is 38.3 Å². The lowest BCUT2D eigenvalue weighted by Crippen LogP contribution is -2.28. The van der Waals surface area contributed by atoms with Crippen LogP contribution in [0.1, 0.15) is 26.7 Å². The zero-order chi connectivity index (χ0) is 9.68. The number of carbonyl (C=O) groups excluding carboxylic acids is 1. The van der Waals surface area contributed by atoms with Crippen LogP contribution in [0.3, 0.4) is 0 Å². The molecule has 0 bridgehead atoms. The van der Waals surface area contributed by atoms with Gasteiger partial charge in [0.05, 0.1) is 12.5 Å². The highest BCUT2D eigenvalue weighted by Crippen LogP contribution is 2.28. The lowest BCUT2D eigenvalue weighted by Gasteiger charge is -2.10. The maximum Gasteiger partial charge on any atom is 0.309 e. The molecule has 1 saturated carbocycles. The van der Waals surface area contributed by atoms with Crippen LogP contribution in [-0.4, -0.2) is 25.7 Å². The number of rotatable bonds is 6. The molecule has 3 heteroatoms. The van der Waals surface area contributed by atoms with E-state index < -0.39 is 0 Å². The molecule has 1 atom stereocenters. The van der Waals surface area contributed by atoms with Gasteiger partial charge in [-0.15, -0.1) is 0 Å². The van der Waals surface area contributed by atoms with E-state index in [1.54, 1.807) is 0 Å². The second kappa shape index (κ2) is 5.22. The first-order valence-electron chi connectivity index (χ1n) is 5.11. The van der Waals surface area contributed by atoms with Crippen LogP contribution >= 0.6 is 0 Å². The monoisotopic (exact) mass is 185 g/mol. The van der Waals surface area contributed by atoms with Gasteiger partial charge in [-0.25, -0.2) is 0 Å². The van der Waals surface area contributed by atoms with E-state index in [1.807, 2.05) is 13.8 Å². The van der Waals surface area contributed by atoms with Crippen LogP contribution in [0.25, 0.3) is 0 Å². The van der Waals surface area contributed by atoms with Gasteiger partial charge in [0.1, 0.15) is 0 Å². The summed E-state index contributed by atoms with van der Waals surface area (Å²) in [5.41, 5.74) is 0. The average Bonchev–Trinajstić information content (AvgIpc) is 2.93. The minimum absolute atomic E-state index is 0.0151. The normalized spacial score (nSPS) is 18.3. The van der Waals surface area contributed by atoms with Crippen molar-refractivity contribution in [3.05, 3.63) is 0 Å². The first-order valence-corrected chi connectivity index (χ1v) is 5.11. The fourth-order valence-electron chi connectivity index (χ4n) is 1.07. The van der Waals surface area contributed by atoms with Crippen LogP contribution in [0.4, 0.5) is 0 Å². The van der Waals surface area contributed by atoms with Crippen LogP contribution in [0.2, 0.25) is 0 Å². The summed E-state index contributed by atoms with van der Waals surface area (Å²) in [6.07, 6.45) is 2.46. The van der Waals surface area contributed by atoms with Crippen LogP contribution < -0.4 is 5.32 Å². The zero-order valence-electron chi connectivity index (χ0n) is 8.51. The van der Waals surface area contributed by atoms with Gasteiger partial charge in [-0.2, -0.15) is 0 Å². The van der Waals surface area contributed by atoms with Crippen LogP contribution in [-0.2, 0) is 9.53 Å². The van der Waals surface area contributed by atoms with Gasteiger partial charge in [-0.1, -0.05) is 13.8 Å². The Balaban J connectivity index is 2.05. The number of nitrogens with one attached hydrogen (secondary N) is 1. The van der Waals surface area contributed by atoms with Crippen molar-refractivity contribution in [1.82, 2.24) is 5.32 Å². The summed E-state index contributed by atoms with van der Waals surface area (Å²) >= 11 is 0. The third-order valence-corrected chi connectivity index (χ3v) is 2.26. The number of esters is 1. The molecule has 0 aromatic heterocycles. The van der Waals surface area contributed by atoms with Crippen molar-refractivity contribution in [2.75, 3.05) is 19.7 Å². The van der Waals surface area contributed by atoms with Crippen LogP contribution in [0.5, 0.6) is 0 Å². The van der Waals surface area contributed by atoms with Crippen molar-refractivity contribution in [2.24, 2.45) is 11.8 Å². The van der Waals surface area contributed by atoms with E-state index >= 15 is 0 Å². The zero-order valence-corrected chi connectivity index (χ0v) is 8.51. The smallest absolute Gasteiger partial charge is 0.309 e. The Morgan fingerprint density at radius 1 is 1.62 bits per heavy atom. The van der Waals surface area contributed by atoms with E-state index in [9.17, 15) is 4.79 Å². The van der Waals surface area contributed by atoms with E-state index in [-0.39, 0.29) is 11.9 Å². The Labute approximate surface area is 79.8 Å². The molecule has 0 aliphatic heterocycles. The Morgan fingerprint density at radius 2 is 2.31 bits per heavy atom. The Bertz CT molecular complexity index is 166. The Kier molecular flexibility index (Phi) is 4.22. The fourth-order valence-corrected chi connectivity index (χ4v) is 1.07. The van der Waals surface area contributed by atoms with E-state index in [1.165, 1.54) is 12.8 Å². The van der Waals surface area contributed by atoms with Gasteiger partial charge in [0.15, 0.2) is 0 Å². The fraction of sp³-hybridized carbons (Fsp3) is 0.900. The van der Waals surface area contributed by atoms with Gasteiger partial charge in [-0.3, -0.25) is 4.79 Å². The molecular weight excluding hydrogens is 166 g/mol. The molecular formula is C10H19NO2. The maximum atomic E-state index is 11.3. The predicted molar refractivity (Wildman–Crippen MR) is 51.4 cm³/mol. The average molecular weight is 185 g/mol. The number of hydrogen-bond donors (Lipinski definition) is 1. The third-order valence-electron chi connectivity index (χ3n) is 2.26. The van der Waals surface area contributed by atoms with Crippen molar-refractivity contribution < 1.29 is 9.53 Å². The Morgan fingerprint density at radius 3 is 2.85 bits per heavy atom. The summed E-state index contributed by atoms with van der Waals surface area (Å²) < 4.78 is 5.15. The molecule has 76 valence electrons. The second-order valence-corrected chi connectivity index (χ2v) is 3.78. The highest BCUT2D eigenvalue weighted by atomic mass is 16.5. The molecule has 0 amide bonds. The van der Waals surface area contributed by atoms with Gasteiger partial charge in [0.2, 0.25) is 0 Å². The number of hydrogen-bond acceptors (Lipinski definition) is 3. The number of ether oxygens (including phenoxy) is 1. The van der Waals surface area contributed by atoms with E-state index in [0.717, 1.165) is 13.1 Å². The highest BCUT2D eigenvalue weighted by Gasteiger charge is 2.24. The van der Waals surface area contributed by atoms with Crippen molar-refractivity contribution in [3.8, 4) is 0 Å². The molecule has 0 radical (unpaired) electrons. The summed E-state index contributed by atoms with van der Waals surface area (Å²) in [5, 5.41) is 3.13. The molecule has 13 heavy (non-hydrogen) atoms. The molecule has 1 aliphatic carbocycles. The first kappa shape index (κ1) is 10.5. The van der Waals surface area contributed by atoms with Crippen LogP contribution in [0, 0.1) is 11.8 Å². The molecule has 1 unspecified atom stereocenters. The van der Waals surface area contributed by atoms with Crippen LogP contribution in [0.15, 0.2) is 0 Å². The van der Waals surface area contributed by atoms with Crippen molar-refractivity contribution in [1.29, 1.82) is 0 Å². The predicted octanol–water partition coefficient (Wildman–Crippen LogP) is 1.19.